The second-order valence-electron chi connectivity index (χ2n) is 12.9. The number of nitrogens with one attached hydrogen (secondary N) is 1. The van der Waals surface area contributed by atoms with Gasteiger partial charge in [0.1, 0.15) is 23.3 Å². The number of aliphatic carboxylic acids is 1. The number of anilines is 1. The number of amides is 2. The van der Waals surface area contributed by atoms with Crippen molar-refractivity contribution in [3.63, 3.8) is 0 Å². The SMILES string of the molecule is CC1(N)CC(N=C(N)c2ccc3c(c2)CCC(C(C)(ON=C(C(=O)NC2C(=O)N(OS(=O)(=O)O)C2(C)C)c2csc(N)n2)C(=O)O)O3)C1. The number of carboxylic acid groups (broad SMARTS) is 1. The Hall–Kier alpha value is -4.37. The quantitative estimate of drug-likeness (QED) is 0.0594. The van der Waals surface area contributed by atoms with E-state index in [4.69, 9.17) is 31.3 Å². The molecule has 260 valence electrons. The molecule has 3 heterocycles. The van der Waals surface area contributed by atoms with Gasteiger partial charge in [0.2, 0.25) is 0 Å². The number of hydroxylamine groups is 2. The van der Waals surface area contributed by atoms with Crippen molar-refractivity contribution in [1.82, 2.24) is 15.4 Å². The number of carbonyl (C=O) groups excluding carboxylic acids is 2. The number of aromatic nitrogens is 1. The molecule has 3 unspecified atom stereocenters. The van der Waals surface area contributed by atoms with E-state index in [-0.39, 0.29) is 28.8 Å². The molecule has 0 bridgehead atoms. The molecule has 0 radical (unpaired) electrons. The van der Waals surface area contributed by atoms with Crippen molar-refractivity contribution in [3.8, 4) is 5.75 Å². The molecular weight excluding hydrogens is 672 g/mol. The number of hydrogen-bond donors (Lipinski definition) is 6. The zero-order valence-electron chi connectivity index (χ0n) is 26.4. The van der Waals surface area contributed by atoms with Crippen LogP contribution in [0.5, 0.6) is 5.75 Å². The summed E-state index contributed by atoms with van der Waals surface area (Å²) in [7, 11) is -5.03. The maximum absolute atomic E-state index is 13.4. The lowest BCUT2D eigenvalue weighted by Gasteiger charge is -2.50. The van der Waals surface area contributed by atoms with E-state index in [1.54, 1.807) is 12.1 Å². The van der Waals surface area contributed by atoms with Crippen LogP contribution in [0.2, 0.25) is 0 Å². The van der Waals surface area contributed by atoms with Crippen LogP contribution in [0.4, 0.5) is 5.13 Å². The van der Waals surface area contributed by atoms with Crippen LogP contribution in [0.1, 0.15) is 63.8 Å². The summed E-state index contributed by atoms with van der Waals surface area (Å²) in [6.07, 6.45) is 1.00. The van der Waals surface area contributed by atoms with Crippen LogP contribution in [0.3, 0.4) is 0 Å². The van der Waals surface area contributed by atoms with E-state index in [2.05, 4.69) is 24.7 Å². The van der Waals surface area contributed by atoms with Crippen LogP contribution < -0.4 is 27.3 Å². The molecule has 2 amide bonds. The Bertz CT molecular complexity index is 1820. The Kier molecular flexibility index (Phi) is 8.93. The van der Waals surface area contributed by atoms with Gasteiger partial charge < -0.3 is 37.2 Å². The van der Waals surface area contributed by atoms with Gasteiger partial charge >= 0.3 is 16.4 Å². The van der Waals surface area contributed by atoms with Gasteiger partial charge in [0.05, 0.1) is 11.6 Å². The predicted molar refractivity (Wildman–Crippen MR) is 171 cm³/mol. The Morgan fingerprint density at radius 1 is 1.27 bits per heavy atom. The smallest absolute Gasteiger partial charge is 0.418 e. The molecular formula is C28H36N8O10S2. The van der Waals surface area contributed by atoms with E-state index in [1.165, 1.54) is 26.2 Å². The van der Waals surface area contributed by atoms with Crippen molar-refractivity contribution >= 4 is 56.2 Å². The van der Waals surface area contributed by atoms with E-state index in [0.29, 0.717) is 28.6 Å². The second kappa shape index (κ2) is 12.3. The number of rotatable bonds is 11. The van der Waals surface area contributed by atoms with Gasteiger partial charge in [0.25, 0.3) is 17.4 Å². The number of hydrogen-bond acceptors (Lipinski definition) is 14. The van der Waals surface area contributed by atoms with Gasteiger partial charge in [0.15, 0.2) is 16.9 Å². The third-order valence-electron chi connectivity index (χ3n) is 8.49. The molecule has 48 heavy (non-hydrogen) atoms. The Balaban J connectivity index is 1.34. The number of benzene rings is 1. The first-order valence-corrected chi connectivity index (χ1v) is 16.9. The molecule has 1 saturated carbocycles. The summed E-state index contributed by atoms with van der Waals surface area (Å²) < 4.78 is 41.7. The highest BCUT2D eigenvalue weighted by atomic mass is 32.3. The number of nitrogen functional groups attached to an aromatic ring is 1. The van der Waals surface area contributed by atoms with Gasteiger partial charge in [-0.3, -0.25) is 19.1 Å². The number of nitrogens with zero attached hydrogens (tertiary/aromatic N) is 4. The van der Waals surface area contributed by atoms with Crippen LogP contribution in [0, 0.1) is 0 Å². The summed E-state index contributed by atoms with van der Waals surface area (Å²) in [6.45, 7) is 5.94. The lowest BCUT2D eigenvalue weighted by Crippen LogP contribution is -2.76. The molecule has 2 aromatic rings. The number of aryl methyl sites for hydroxylation is 1. The normalized spacial score (nSPS) is 26.7. The predicted octanol–water partition coefficient (Wildman–Crippen LogP) is 0.108. The highest BCUT2D eigenvalue weighted by Gasteiger charge is 2.58. The van der Waals surface area contributed by atoms with Gasteiger partial charge in [-0.15, -0.1) is 15.6 Å². The number of aliphatic imine (C=N–C) groups is 1. The second-order valence-corrected chi connectivity index (χ2v) is 14.8. The van der Waals surface area contributed by atoms with Crippen LogP contribution in [0.25, 0.3) is 0 Å². The monoisotopic (exact) mass is 708 g/mol. The van der Waals surface area contributed by atoms with Gasteiger partial charge in [-0.25, -0.2) is 9.78 Å². The van der Waals surface area contributed by atoms with Crippen molar-refractivity contribution in [2.24, 2.45) is 21.6 Å². The minimum Gasteiger partial charge on any atom is -0.485 e. The number of thiazole rings is 1. The lowest BCUT2D eigenvalue weighted by molar-refractivity contribution is -0.218. The fraction of sp³-hybridized carbons (Fsp3) is 0.500. The number of oxime groups is 1. The number of nitrogens with two attached hydrogens (primary N) is 3. The van der Waals surface area contributed by atoms with Gasteiger partial charge in [-0.05, 0) is 77.1 Å². The molecule has 3 atom stereocenters. The number of fused-ring (bicyclic) bond motifs is 1. The first kappa shape index (κ1) is 35.0. The number of carboxylic acids is 1. The molecule has 20 heteroatoms. The van der Waals surface area contributed by atoms with Crippen LogP contribution in [0.15, 0.2) is 33.7 Å². The minimum absolute atomic E-state index is 0.0489. The van der Waals surface area contributed by atoms with Crippen molar-refractivity contribution in [2.45, 2.75) is 88.2 Å². The molecule has 2 fully saturated rings. The first-order valence-electron chi connectivity index (χ1n) is 14.7. The number of amidine groups is 1. The largest absolute Gasteiger partial charge is 0.485 e. The lowest BCUT2D eigenvalue weighted by atomic mass is 9.75. The molecule has 3 aliphatic rings. The highest BCUT2D eigenvalue weighted by Crippen LogP contribution is 2.36. The van der Waals surface area contributed by atoms with E-state index in [1.807, 2.05) is 13.0 Å². The fourth-order valence-corrected chi connectivity index (χ4v) is 6.71. The van der Waals surface area contributed by atoms with Gasteiger partial charge in [-0.2, -0.15) is 13.5 Å². The highest BCUT2D eigenvalue weighted by molar-refractivity contribution is 7.80. The standard InChI is InChI=1S/C28H36N8O10S2/c1-26(2)20(23(38)36(26)46-48(41,42)43)34-22(37)19(16-12-47-25(30)33-16)35-45-28(4,24(39)40)18-8-6-13-9-14(5-7-17(13)44-18)21(29)32-15-10-27(3,31)11-15/h5,7,9,12,15,18,20H,6,8,10-11,31H2,1-4H3,(H2,29,32)(H2,30,33)(H,34,37)(H,39,40)(H,41,42,43). The maximum atomic E-state index is 13.4. The van der Waals surface area contributed by atoms with Crippen LogP contribution in [-0.2, 0) is 40.3 Å². The molecule has 5 rings (SSSR count). The molecule has 9 N–H and O–H groups in total. The summed E-state index contributed by atoms with van der Waals surface area (Å²) in [6, 6.07) is 3.94. The summed E-state index contributed by atoms with van der Waals surface area (Å²) >= 11 is 0.963. The third-order valence-corrected chi connectivity index (χ3v) is 9.50. The Labute approximate surface area is 279 Å². The molecule has 0 spiro atoms. The Morgan fingerprint density at radius 3 is 2.52 bits per heavy atom. The molecule has 1 saturated heterocycles. The van der Waals surface area contributed by atoms with E-state index in [0.717, 1.165) is 29.7 Å². The van der Waals surface area contributed by atoms with Crippen molar-refractivity contribution in [3.05, 3.63) is 40.4 Å². The van der Waals surface area contributed by atoms with E-state index < -0.39 is 57.2 Å². The van der Waals surface area contributed by atoms with Crippen molar-refractivity contribution < 1.29 is 46.3 Å². The summed E-state index contributed by atoms with van der Waals surface area (Å²) in [4.78, 5) is 52.8. The molecule has 1 aromatic heterocycles. The van der Waals surface area contributed by atoms with Crippen LogP contribution >= 0.6 is 11.3 Å². The average Bonchev–Trinajstić information content (AvgIpc) is 3.41. The summed E-state index contributed by atoms with van der Waals surface area (Å²) in [5, 5.41) is 18.4. The number of β-lactam (4-membered cyclic amide) rings is 1. The third kappa shape index (κ3) is 6.92. The molecule has 1 aliphatic carbocycles. The van der Waals surface area contributed by atoms with Crippen molar-refractivity contribution in [1.29, 1.82) is 0 Å². The number of carbonyl (C=O) groups is 3. The zero-order chi connectivity index (χ0) is 35.4. The maximum Gasteiger partial charge on any atom is 0.418 e. The fourth-order valence-electron chi connectivity index (χ4n) is 5.71. The summed E-state index contributed by atoms with van der Waals surface area (Å²) in [5.41, 5.74) is 15.2. The van der Waals surface area contributed by atoms with Crippen LogP contribution in [-0.4, -0.2) is 92.3 Å². The van der Waals surface area contributed by atoms with Gasteiger partial charge in [-0.1, -0.05) is 5.16 Å². The van der Waals surface area contributed by atoms with Gasteiger partial charge in [0, 0.05) is 16.5 Å². The van der Waals surface area contributed by atoms with Crippen molar-refractivity contribution in [2.75, 3.05) is 5.73 Å². The summed E-state index contributed by atoms with van der Waals surface area (Å²) in [5.74, 6) is -2.68. The minimum atomic E-state index is -5.03. The first-order chi connectivity index (χ1) is 22.2. The molecule has 18 nitrogen and oxygen atoms in total. The van der Waals surface area contributed by atoms with E-state index >= 15 is 0 Å². The Morgan fingerprint density at radius 2 is 1.96 bits per heavy atom. The average molecular weight is 709 g/mol. The molecule has 2 aliphatic heterocycles. The van der Waals surface area contributed by atoms with E-state index in [9.17, 15) is 27.9 Å². The zero-order valence-corrected chi connectivity index (χ0v) is 28.0. The molecule has 1 aromatic carbocycles. The number of ether oxygens (including phenoxy) is 1. The topological polar surface area (TPSA) is 284 Å².